The second-order valence-electron chi connectivity index (χ2n) is 3.96. The van der Waals surface area contributed by atoms with E-state index in [0.717, 1.165) is 11.3 Å². The van der Waals surface area contributed by atoms with Gasteiger partial charge in [-0.2, -0.15) is 0 Å². The summed E-state index contributed by atoms with van der Waals surface area (Å²) in [7, 11) is 0. The van der Waals surface area contributed by atoms with E-state index in [-0.39, 0.29) is 11.7 Å². The zero-order valence-electron chi connectivity index (χ0n) is 10.4. The summed E-state index contributed by atoms with van der Waals surface area (Å²) < 4.78 is 0. The number of hydrogen-bond acceptors (Lipinski definition) is 4. The molecule has 2 N–H and O–H groups in total. The van der Waals surface area contributed by atoms with Crippen LogP contribution in [-0.2, 0) is 4.79 Å². The average molecular weight is 255 g/mol. The highest BCUT2D eigenvalue weighted by Gasteiger charge is 2.06. The molecule has 0 saturated carbocycles. The fourth-order valence-corrected chi connectivity index (χ4v) is 1.50. The minimum absolute atomic E-state index is 0.0441. The Morgan fingerprint density at radius 3 is 2.32 bits per heavy atom. The number of carbonyl (C=O) groups is 2. The SMILES string of the molecule is CC(NNC(=O)c1ccncc1)=C1C=CC(=O)C=C1. The predicted molar refractivity (Wildman–Crippen MR) is 70.8 cm³/mol. The number of allylic oxidation sites excluding steroid dienone is 6. The van der Waals surface area contributed by atoms with Gasteiger partial charge in [-0.15, -0.1) is 0 Å². The molecule has 1 heterocycles. The second-order valence-corrected chi connectivity index (χ2v) is 3.96. The molecule has 1 aliphatic carbocycles. The summed E-state index contributed by atoms with van der Waals surface area (Å²) in [5, 5.41) is 0. The molecule has 0 bridgehead atoms. The first-order valence-electron chi connectivity index (χ1n) is 5.74. The smallest absolute Gasteiger partial charge is 0.269 e. The van der Waals surface area contributed by atoms with Crippen LogP contribution in [0.3, 0.4) is 0 Å². The number of ketones is 1. The number of pyridine rings is 1. The number of hydrazine groups is 1. The molecule has 0 spiro atoms. The lowest BCUT2D eigenvalue weighted by molar-refractivity contribution is -0.110. The second kappa shape index (κ2) is 5.77. The van der Waals surface area contributed by atoms with E-state index in [1.165, 1.54) is 12.2 Å². The standard InChI is InChI=1S/C14H13N3O2/c1-10(11-2-4-13(18)5-3-11)16-17-14(19)12-6-8-15-9-7-12/h2-9,16H,1H3,(H,17,19). The van der Waals surface area contributed by atoms with Crippen molar-refractivity contribution in [3.8, 4) is 0 Å². The molecule has 19 heavy (non-hydrogen) atoms. The lowest BCUT2D eigenvalue weighted by atomic mass is 10.1. The number of carbonyl (C=O) groups excluding carboxylic acids is 2. The summed E-state index contributed by atoms with van der Waals surface area (Å²) in [5.74, 6) is -0.292. The maximum atomic E-state index is 11.8. The average Bonchev–Trinajstić information content (AvgIpc) is 2.46. The van der Waals surface area contributed by atoms with Gasteiger partial charge in [0.2, 0.25) is 0 Å². The highest BCUT2D eigenvalue weighted by molar-refractivity contribution is 6.01. The third-order valence-electron chi connectivity index (χ3n) is 2.59. The number of aromatic nitrogens is 1. The van der Waals surface area contributed by atoms with Crippen molar-refractivity contribution in [2.45, 2.75) is 6.92 Å². The van der Waals surface area contributed by atoms with Crippen molar-refractivity contribution in [2.75, 3.05) is 0 Å². The van der Waals surface area contributed by atoms with E-state index in [1.807, 2.05) is 6.92 Å². The Labute approximate surface area is 110 Å². The molecule has 0 aliphatic heterocycles. The van der Waals surface area contributed by atoms with E-state index < -0.39 is 0 Å². The van der Waals surface area contributed by atoms with E-state index in [2.05, 4.69) is 15.8 Å². The maximum Gasteiger partial charge on any atom is 0.269 e. The van der Waals surface area contributed by atoms with Crippen LogP contribution in [0.15, 0.2) is 60.1 Å². The summed E-state index contributed by atoms with van der Waals surface area (Å²) in [6.45, 7) is 1.81. The molecule has 1 amide bonds. The van der Waals surface area contributed by atoms with Gasteiger partial charge in [0.05, 0.1) is 0 Å². The predicted octanol–water partition coefficient (Wildman–Crippen LogP) is 1.29. The van der Waals surface area contributed by atoms with Crippen LogP contribution >= 0.6 is 0 Å². The Hall–Kier alpha value is -2.69. The third kappa shape index (κ3) is 3.38. The first kappa shape index (κ1) is 12.8. The number of nitrogens with zero attached hydrogens (tertiary/aromatic N) is 1. The highest BCUT2D eigenvalue weighted by atomic mass is 16.2. The maximum absolute atomic E-state index is 11.8. The van der Waals surface area contributed by atoms with Crippen molar-refractivity contribution in [1.29, 1.82) is 0 Å². The fraction of sp³-hybridized carbons (Fsp3) is 0.0714. The largest absolute Gasteiger partial charge is 0.302 e. The van der Waals surface area contributed by atoms with E-state index >= 15 is 0 Å². The molecule has 5 heteroatoms. The normalized spacial score (nSPS) is 13.3. The Morgan fingerprint density at radius 2 is 1.68 bits per heavy atom. The Kier molecular flexibility index (Phi) is 3.87. The van der Waals surface area contributed by atoms with Crippen LogP contribution in [0.4, 0.5) is 0 Å². The van der Waals surface area contributed by atoms with E-state index in [1.54, 1.807) is 36.7 Å². The van der Waals surface area contributed by atoms with Crippen molar-refractivity contribution >= 4 is 11.7 Å². The Balaban J connectivity index is 1.98. The minimum Gasteiger partial charge on any atom is -0.302 e. The Bertz CT molecular complexity index is 568. The zero-order chi connectivity index (χ0) is 13.7. The van der Waals surface area contributed by atoms with Gasteiger partial charge in [-0.1, -0.05) is 0 Å². The molecule has 0 unspecified atom stereocenters. The number of amides is 1. The van der Waals surface area contributed by atoms with Crippen LogP contribution < -0.4 is 10.9 Å². The molecule has 0 fully saturated rings. The van der Waals surface area contributed by atoms with Crippen LogP contribution in [0.5, 0.6) is 0 Å². The minimum atomic E-state index is -0.248. The molecular weight excluding hydrogens is 242 g/mol. The summed E-state index contributed by atoms with van der Waals surface area (Å²) >= 11 is 0. The molecule has 1 aromatic heterocycles. The van der Waals surface area contributed by atoms with Crippen LogP contribution in [0.1, 0.15) is 17.3 Å². The number of rotatable bonds is 3. The molecule has 0 radical (unpaired) electrons. The van der Waals surface area contributed by atoms with Crippen LogP contribution in [0.2, 0.25) is 0 Å². The zero-order valence-corrected chi connectivity index (χ0v) is 10.4. The van der Waals surface area contributed by atoms with Crippen molar-refractivity contribution in [1.82, 2.24) is 15.8 Å². The van der Waals surface area contributed by atoms with E-state index in [4.69, 9.17) is 0 Å². The molecule has 96 valence electrons. The summed E-state index contributed by atoms with van der Waals surface area (Å²) in [6, 6.07) is 3.25. The van der Waals surface area contributed by atoms with Gasteiger partial charge in [0.1, 0.15) is 0 Å². The van der Waals surface area contributed by atoms with Crippen molar-refractivity contribution in [2.24, 2.45) is 0 Å². The quantitative estimate of drug-likeness (QED) is 0.798. The summed E-state index contributed by atoms with van der Waals surface area (Å²) in [4.78, 5) is 26.6. The van der Waals surface area contributed by atoms with E-state index in [0.29, 0.717) is 5.56 Å². The van der Waals surface area contributed by atoms with Gasteiger partial charge < -0.3 is 5.43 Å². The van der Waals surface area contributed by atoms with Crippen molar-refractivity contribution in [3.05, 3.63) is 65.7 Å². The molecule has 1 aromatic rings. The van der Waals surface area contributed by atoms with Crippen molar-refractivity contribution < 1.29 is 9.59 Å². The molecule has 0 atom stereocenters. The van der Waals surface area contributed by atoms with Crippen LogP contribution in [0.25, 0.3) is 0 Å². The molecule has 0 aromatic carbocycles. The first-order valence-corrected chi connectivity index (χ1v) is 5.74. The monoisotopic (exact) mass is 255 g/mol. The van der Waals surface area contributed by atoms with Crippen molar-refractivity contribution in [3.63, 3.8) is 0 Å². The number of nitrogens with one attached hydrogen (secondary N) is 2. The van der Waals surface area contributed by atoms with Gasteiger partial charge in [0.15, 0.2) is 5.78 Å². The van der Waals surface area contributed by atoms with Crippen LogP contribution in [-0.4, -0.2) is 16.7 Å². The van der Waals surface area contributed by atoms with Gasteiger partial charge in [-0.25, -0.2) is 0 Å². The fourth-order valence-electron chi connectivity index (χ4n) is 1.50. The summed E-state index contributed by atoms with van der Waals surface area (Å²) in [6.07, 6.45) is 9.46. The first-order chi connectivity index (χ1) is 9.16. The van der Waals surface area contributed by atoms with E-state index in [9.17, 15) is 9.59 Å². The molecule has 2 rings (SSSR count). The summed E-state index contributed by atoms with van der Waals surface area (Å²) in [5.41, 5.74) is 7.50. The number of hydrogen-bond donors (Lipinski definition) is 2. The van der Waals surface area contributed by atoms with Gasteiger partial charge >= 0.3 is 0 Å². The lowest BCUT2D eigenvalue weighted by Crippen LogP contribution is -2.36. The topological polar surface area (TPSA) is 71.1 Å². The van der Waals surface area contributed by atoms with Gasteiger partial charge in [0, 0.05) is 23.7 Å². The molecule has 0 saturated heterocycles. The van der Waals surface area contributed by atoms with Gasteiger partial charge in [0.25, 0.3) is 5.91 Å². The van der Waals surface area contributed by atoms with Crippen LogP contribution in [0, 0.1) is 0 Å². The van der Waals surface area contributed by atoms with Gasteiger partial charge in [-0.3, -0.25) is 20.0 Å². The molecule has 5 nitrogen and oxygen atoms in total. The lowest BCUT2D eigenvalue weighted by Gasteiger charge is -2.11. The third-order valence-corrected chi connectivity index (χ3v) is 2.59. The highest BCUT2D eigenvalue weighted by Crippen LogP contribution is 2.09. The van der Waals surface area contributed by atoms with Gasteiger partial charge in [-0.05, 0) is 48.9 Å². The molecular formula is C14H13N3O2. The Morgan fingerprint density at radius 1 is 1.05 bits per heavy atom. The molecule has 1 aliphatic rings.